The summed E-state index contributed by atoms with van der Waals surface area (Å²) in [7, 11) is 0. The summed E-state index contributed by atoms with van der Waals surface area (Å²) in [6.45, 7) is 8.37. The molecule has 3 heterocycles. The molecule has 3 aromatic rings. The molecule has 0 fully saturated rings. The number of pyridine rings is 1. The number of anilines is 1. The van der Waals surface area contributed by atoms with Crippen LogP contribution in [0.25, 0.3) is 17.2 Å². The maximum Gasteiger partial charge on any atom is 0.254 e. The third-order valence-corrected chi connectivity index (χ3v) is 5.19. The minimum atomic E-state index is -0.0462. The number of hydrogen-bond donors (Lipinski definition) is 1. The van der Waals surface area contributed by atoms with Gasteiger partial charge in [0.15, 0.2) is 16.6 Å². The summed E-state index contributed by atoms with van der Waals surface area (Å²) < 4.78 is 6.86. The number of aromatic nitrogens is 3. The molecule has 2 unspecified atom stereocenters. The molecule has 8 heteroatoms. The van der Waals surface area contributed by atoms with Crippen molar-refractivity contribution in [3.8, 4) is 11.6 Å². The topological polar surface area (TPSA) is 89.7 Å². The van der Waals surface area contributed by atoms with Gasteiger partial charge in [-0.2, -0.15) is 4.52 Å². The number of fused-ring (bicyclic) bond motifs is 1. The maximum absolute atomic E-state index is 13.3. The van der Waals surface area contributed by atoms with Crippen molar-refractivity contribution in [1.29, 1.82) is 0 Å². The van der Waals surface area contributed by atoms with E-state index >= 15 is 0 Å². The first-order chi connectivity index (χ1) is 13.3. The molecular formula is C20H26ClN5O2. The fraction of sp³-hybridized carbons (Fsp3) is 0.450. The van der Waals surface area contributed by atoms with Crippen molar-refractivity contribution >= 4 is 29.0 Å². The zero-order valence-corrected chi connectivity index (χ0v) is 17.4. The van der Waals surface area contributed by atoms with Crippen LogP contribution in [0.1, 0.15) is 57.3 Å². The number of nitrogens with two attached hydrogens (primary N) is 1. The highest BCUT2D eigenvalue weighted by atomic mass is 35.5. The molecule has 0 aliphatic rings. The van der Waals surface area contributed by atoms with Crippen LogP contribution in [0.15, 0.2) is 28.7 Å². The molecule has 0 saturated heterocycles. The summed E-state index contributed by atoms with van der Waals surface area (Å²) in [5.41, 5.74) is 7.16. The number of amides is 1. The molecule has 0 aromatic carbocycles. The number of furan rings is 1. The van der Waals surface area contributed by atoms with Crippen molar-refractivity contribution in [2.24, 2.45) is 0 Å². The van der Waals surface area contributed by atoms with Gasteiger partial charge in [0.05, 0.1) is 0 Å². The molecular weight excluding hydrogens is 378 g/mol. The molecule has 28 heavy (non-hydrogen) atoms. The Hall–Kier alpha value is -2.54. The monoisotopic (exact) mass is 403 g/mol. The standard InChI is InChI=1S/C20H26ClN5O2/c1-5-7-13(4)25(12(3)6-2)20(27)14-10-17(22)26-18(11-14)23-19(24-26)15-8-9-16(21)28-15/h8-13H,5-7,22H2,1-4H3. The van der Waals surface area contributed by atoms with E-state index in [9.17, 15) is 4.79 Å². The first kappa shape index (κ1) is 20.2. The van der Waals surface area contributed by atoms with Gasteiger partial charge in [0.25, 0.3) is 5.91 Å². The third kappa shape index (κ3) is 3.85. The molecule has 1 amide bonds. The molecule has 0 aliphatic carbocycles. The van der Waals surface area contributed by atoms with Crippen LogP contribution >= 0.6 is 11.6 Å². The fourth-order valence-electron chi connectivity index (χ4n) is 3.41. The van der Waals surface area contributed by atoms with Crippen molar-refractivity contribution in [2.75, 3.05) is 5.73 Å². The lowest BCUT2D eigenvalue weighted by Gasteiger charge is -2.34. The van der Waals surface area contributed by atoms with Crippen LogP contribution in [0, 0.1) is 0 Å². The summed E-state index contributed by atoms with van der Waals surface area (Å²) >= 11 is 5.84. The van der Waals surface area contributed by atoms with Crippen molar-refractivity contribution in [3.05, 3.63) is 35.0 Å². The molecule has 150 valence electrons. The number of halogens is 1. The number of nitrogen functional groups attached to an aromatic ring is 1. The Balaban J connectivity index is 2.01. The Morgan fingerprint density at radius 2 is 2.04 bits per heavy atom. The van der Waals surface area contributed by atoms with Gasteiger partial charge in [-0.25, -0.2) is 4.98 Å². The molecule has 0 bridgehead atoms. The van der Waals surface area contributed by atoms with Gasteiger partial charge in [-0.15, -0.1) is 5.10 Å². The zero-order valence-electron chi connectivity index (χ0n) is 16.6. The number of hydrogen-bond acceptors (Lipinski definition) is 5. The Morgan fingerprint density at radius 3 is 2.64 bits per heavy atom. The molecule has 2 atom stereocenters. The summed E-state index contributed by atoms with van der Waals surface area (Å²) in [4.78, 5) is 19.7. The second-order valence-electron chi connectivity index (χ2n) is 7.09. The zero-order chi connectivity index (χ0) is 20.4. The molecule has 0 saturated carbocycles. The van der Waals surface area contributed by atoms with E-state index in [4.69, 9.17) is 21.8 Å². The molecule has 3 rings (SSSR count). The Morgan fingerprint density at radius 1 is 1.29 bits per heavy atom. The van der Waals surface area contributed by atoms with E-state index in [2.05, 4.69) is 37.8 Å². The van der Waals surface area contributed by atoms with Gasteiger partial charge in [0.2, 0.25) is 5.82 Å². The number of carbonyl (C=O) groups is 1. The minimum absolute atomic E-state index is 0.0462. The first-order valence-corrected chi connectivity index (χ1v) is 9.98. The van der Waals surface area contributed by atoms with Crippen LogP contribution in [-0.2, 0) is 0 Å². The predicted molar refractivity (Wildman–Crippen MR) is 110 cm³/mol. The van der Waals surface area contributed by atoms with E-state index in [0.717, 1.165) is 19.3 Å². The van der Waals surface area contributed by atoms with Crippen LogP contribution in [0.5, 0.6) is 0 Å². The SMILES string of the molecule is CCCC(C)N(C(=O)c1cc(N)n2nc(-c3ccc(Cl)o3)nc2c1)C(C)CC. The molecule has 3 aromatic heterocycles. The largest absolute Gasteiger partial charge is 0.441 e. The van der Waals surface area contributed by atoms with Gasteiger partial charge in [-0.1, -0.05) is 20.3 Å². The maximum atomic E-state index is 13.3. The summed E-state index contributed by atoms with van der Waals surface area (Å²) in [5, 5.41) is 4.62. The van der Waals surface area contributed by atoms with Gasteiger partial charge in [0.1, 0.15) is 5.82 Å². The lowest BCUT2D eigenvalue weighted by Crippen LogP contribution is -2.44. The van der Waals surface area contributed by atoms with E-state index in [-0.39, 0.29) is 23.2 Å². The lowest BCUT2D eigenvalue weighted by molar-refractivity contribution is 0.0592. The average Bonchev–Trinajstić information content (AvgIpc) is 3.28. The highest BCUT2D eigenvalue weighted by Crippen LogP contribution is 2.25. The normalized spacial score (nSPS) is 13.6. The van der Waals surface area contributed by atoms with Gasteiger partial charge >= 0.3 is 0 Å². The van der Waals surface area contributed by atoms with Gasteiger partial charge in [0, 0.05) is 17.6 Å². The van der Waals surface area contributed by atoms with Gasteiger partial charge in [-0.3, -0.25) is 4.79 Å². The molecule has 0 spiro atoms. The number of nitrogens with zero attached hydrogens (tertiary/aromatic N) is 4. The van der Waals surface area contributed by atoms with E-state index in [1.165, 1.54) is 4.52 Å². The third-order valence-electron chi connectivity index (χ3n) is 4.99. The average molecular weight is 404 g/mol. The quantitative estimate of drug-likeness (QED) is 0.619. The van der Waals surface area contributed by atoms with Gasteiger partial charge < -0.3 is 15.1 Å². The summed E-state index contributed by atoms with van der Waals surface area (Å²) in [6, 6.07) is 6.95. The van der Waals surface area contributed by atoms with Crippen molar-refractivity contribution < 1.29 is 9.21 Å². The van der Waals surface area contributed by atoms with E-state index in [0.29, 0.717) is 28.6 Å². The van der Waals surface area contributed by atoms with Crippen molar-refractivity contribution in [3.63, 3.8) is 0 Å². The second kappa shape index (κ2) is 8.22. The molecule has 0 aliphatic heterocycles. The van der Waals surface area contributed by atoms with Gasteiger partial charge in [-0.05, 0) is 62.6 Å². The minimum Gasteiger partial charge on any atom is -0.441 e. The van der Waals surface area contributed by atoms with Crippen LogP contribution < -0.4 is 5.73 Å². The van der Waals surface area contributed by atoms with Crippen LogP contribution in [0.3, 0.4) is 0 Å². The van der Waals surface area contributed by atoms with E-state index in [1.807, 2.05) is 4.90 Å². The summed E-state index contributed by atoms with van der Waals surface area (Å²) in [5.74, 6) is 1.10. The molecule has 2 N–H and O–H groups in total. The van der Waals surface area contributed by atoms with Crippen LogP contribution in [-0.4, -0.2) is 37.5 Å². The number of carbonyl (C=O) groups excluding carboxylic acids is 1. The van der Waals surface area contributed by atoms with Crippen molar-refractivity contribution in [1.82, 2.24) is 19.5 Å². The van der Waals surface area contributed by atoms with Crippen molar-refractivity contribution in [2.45, 2.75) is 59.0 Å². The first-order valence-electron chi connectivity index (χ1n) is 9.60. The Bertz CT molecular complexity index is 980. The summed E-state index contributed by atoms with van der Waals surface area (Å²) in [6.07, 6.45) is 2.84. The fourth-order valence-corrected chi connectivity index (χ4v) is 3.55. The molecule has 7 nitrogen and oxygen atoms in total. The van der Waals surface area contributed by atoms with E-state index < -0.39 is 0 Å². The smallest absolute Gasteiger partial charge is 0.254 e. The van der Waals surface area contributed by atoms with Crippen LogP contribution in [0.4, 0.5) is 5.82 Å². The predicted octanol–water partition coefficient (Wildman–Crippen LogP) is 4.65. The highest BCUT2D eigenvalue weighted by Gasteiger charge is 2.26. The Kier molecular flexibility index (Phi) is 5.93. The van der Waals surface area contributed by atoms with Crippen LogP contribution in [0.2, 0.25) is 5.22 Å². The number of rotatable bonds is 7. The highest BCUT2D eigenvalue weighted by molar-refractivity contribution is 6.28. The Labute approximate surface area is 169 Å². The second-order valence-corrected chi connectivity index (χ2v) is 7.46. The lowest BCUT2D eigenvalue weighted by atomic mass is 10.1. The van der Waals surface area contributed by atoms with E-state index in [1.54, 1.807) is 24.3 Å². The molecule has 0 radical (unpaired) electrons.